The van der Waals surface area contributed by atoms with Crippen molar-refractivity contribution in [2.24, 2.45) is 0 Å². The number of rotatable bonds is 10. The molecule has 6 nitrogen and oxygen atoms in total. The number of amides is 3. The van der Waals surface area contributed by atoms with Crippen LogP contribution in [-0.4, -0.2) is 23.0 Å². The van der Waals surface area contributed by atoms with E-state index in [1.807, 2.05) is 97.9 Å². The van der Waals surface area contributed by atoms with E-state index in [0.29, 0.717) is 17.7 Å². The summed E-state index contributed by atoms with van der Waals surface area (Å²) in [6.45, 7) is 1.97. The molecule has 0 heterocycles. The number of anilines is 2. The molecule has 0 bridgehead atoms. The first-order valence-electron chi connectivity index (χ1n) is 14.1. The Morgan fingerprint density at radius 2 is 1.48 bits per heavy atom. The summed E-state index contributed by atoms with van der Waals surface area (Å²) in [4.78, 5) is 40.5. The van der Waals surface area contributed by atoms with Crippen LogP contribution in [0, 0.1) is 0 Å². The lowest BCUT2D eigenvalue weighted by atomic mass is 10.1. The van der Waals surface area contributed by atoms with Gasteiger partial charge in [-0.25, -0.2) is 0 Å². The molecule has 8 heteroatoms. The lowest BCUT2D eigenvalue weighted by Gasteiger charge is -2.16. The second kappa shape index (κ2) is 14.7. The molecule has 5 aromatic carbocycles. The van der Waals surface area contributed by atoms with Crippen LogP contribution in [0.4, 0.5) is 11.4 Å². The van der Waals surface area contributed by atoms with Gasteiger partial charge in [0, 0.05) is 26.3 Å². The average Bonchev–Trinajstić information content (AvgIpc) is 3.03. The molecule has 3 amide bonds. The van der Waals surface area contributed by atoms with Gasteiger partial charge in [0.2, 0.25) is 5.91 Å². The van der Waals surface area contributed by atoms with Crippen molar-refractivity contribution in [1.82, 2.24) is 5.32 Å². The van der Waals surface area contributed by atoms with E-state index in [-0.39, 0.29) is 16.9 Å². The first-order valence-corrected chi connectivity index (χ1v) is 15.8. The molecule has 0 aliphatic carbocycles. The fourth-order valence-corrected chi connectivity index (χ4v) is 5.96. The average molecular weight is 665 g/mol. The van der Waals surface area contributed by atoms with Crippen molar-refractivity contribution < 1.29 is 14.4 Å². The molecule has 5 rings (SSSR count). The van der Waals surface area contributed by atoms with Crippen LogP contribution in [0.3, 0.4) is 0 Å². The number of benzene rings is 5. The zero-order valence-electron chi connectivity index (χ0n) is 23.9. The summed E-state index contributed by atoms with van der Waals surface area (Å²) in [5, 5.41) is 10.5. The zero-order valence-corrected chi connectivity index (χ0v) is 26.3. The number of hydrogen-bond donors (Lipinski definition) is 3. The highest BCUT2D eigenvalue weighted by Gasteiger charge is 2.19. The SMILES string of the molecule is CCC(Sc1cccc(NC(=O)/C(=C\c2cccc(Br)c2)NC(=O)c2ccccc2)c1)C(=O)Nc1ccc2ccccc2c1. The van der Waals surface area contributed by atoms with E-state index in [4.69, 9.17) is 0 Å². The molecule has 0 saturated heterocycles. The number of nitrogens with one attached hydrogen (secondary N) is 3. The summed E-state index contributed by atoms with van der Waals surface area (Å²) in [5.41, 5.74) is 2.56. The van der Waals surface area contributed by atoms with Gasteiger partial charge in [0.1, 0.15) is 5.70 Å². The number of halogens is 1. The van der Waals surface area contributed by atoms with Crippen LogP contribution in [-0.2, 0) is 9.59 Å². The third-order valence-electron chi connectivity index (χ3n) is 6.74. The first kappa shape index (κ1) is 30.8. The Labute approximate surface area is 269 Å². The lowest BCUT2D eigenvalue weighted by molar-refractivity contribution is -0.116. The highest BCUT2D eigenvalue weighted by Crippen LogP contribution is 2.29. The van der Waals surface area contributed by atoms with E-state index in [0.717, 1.165) is 31.4 Å². The van der Waals surface area contributed by atoms with Crippen molar-refractivity contribution in [1.29, 1.82) is 0 Å². The maximum Gasteiger partial charge on any atom is 0.272 e. The van der Waals surface area contributed by atoms with Gasteiger partial charge in [-0.3, -0.25) is 14.4 Å². The van der Waals surface area contributed by atoms with Gasteiger partial charge in [-0.05, 0) is 83.4 Å². The van der Waals surface area contributed by atoms with Crippen LogP contribution < -0.4 is 16.0 Å². The summed E-state index contributed by atoms with van der Waals surface area (Å²) < 4.78 is 0.847. The summed E-state index contributed by atoms with van der Waals surface area (Å²) in [7, 11) is 0. The monoisotopic (exact) mass is 663 g/mol. The third kappa shape index (κ3) is 8.24. The number of thioether (sulfide) groups is 1. The quantitative estimate of drug-likeness (QED) is 0.103. The predicted octanol–water partition coefficient (Wildman–Crippen LogP) is 8.52. The maximum absolute atomic E-state index is 13.5. The normalized spacial score (nSPS) is 11.9. The van der Waals surface area contributed by atoms with Gasteiger partial charge in [-0.15, -0.1) is 11.8 Å². The molecule has 44 heavy (non-hydrogen) atoms. The summed E-state index contributed by atoms with van der Waals surface area (Å²) in [5.74, 6) is -0.961. The Bertz CT molecular complexity index is 1840. The fourth-order valence-electron chi connectivity index (χ4n) is 4.53. The third-order valence-corrected chi connectivity index (χ3v) is 8.59. The standard InChI is InChI=1S/C36H30BrN3O3S/c1-2-33(36(43)39-30-19-18-25-11-6-7-14-27(25)22-30)44-31-17-9-16-29(23-31)38-35(42)32(21-24-10-8-15-28(37)20-24)40-34(41)26-12-4-3-5-13-26/h3-23,33H,2H2,1H3,(H,38,42)(H,39,43)(H,40,41)/b32-21+. The fraction of sp³-hybridized carbons (Fsp3) is 0.0833. The van der Waals surface area contributed by atoms with Crippen molar-refractivity contribution in [3.63, 3.8) is 0 Å². The molecule has 0 spiro atoms. The molecular formula is C36H30BrN3O3S. The van der Waals surface area contributed by atoms with Crippen LogP contribution in [0.2, 0.25) is 0 Å². The number of carbonyl (C=O) groups excluding carboxylic acids is 3. The highest BCUT2D eigenvalue weighted by atomic mass is 79.9. The molecule has 5 aromatic rings. The molecule has 0 saturated carbocycles. The molecule has 0 fully saturated rings. The largest absolute Gasteiger partial charge is 0.325 e. The summed E-state index contributed by atoms with van der Waals surface area (Å²) in [6.07, 6.45) is 2.25. The minimum atomic E-state index is -0.475. The van der Waals surface area contributed by atoms with E-state index >= 15 is 0 Å². The van der Waals surface area contributed by atoms with Gasteiger partial charge in [-0.1, -0.05) is 89.6 Å². The van der Waals surface area contributed by atoms with E-state index in [1.54, 1.807) is 36.4 Å². The maximum atomic E-state index is 13.5. The van der Waals surface area contributed by atoms with Crippen molar-refractivity contribution in [2.75, 3.05) is 10.6 Å². The molecule has 1 atom stereocenters. The molecule has 0 aliphatic heterocycles. The second-order valence-electron chi connectivity index (χ2n) is 9.98. The molecule has 220 valence electrons. The number of fused-ring (bicyclic) bond motifs is 1. The Hall–Kier alpha value is -4.66. The van der Waals surface area contributed by atoms with Gasteiger partial charge >= 0.3 is 0 Å². The Kier molecular flexibility index (Phi) is 10.3. The van der Waals surface area contributed by atoms with Gasteiger partial charge in [-0.2, -0.15) is 0 Å². The van der Waals surface area contributed by atoms with Crippen molar-refractivity contribution in [3.05, 3.63) is 143 Å². The van der Waals surface area contributed by atoms with Gasteiger partial charge in [0.15, 0.2) is 0 Å². The highest BCUT2D eigenvalue weighted by molar-refractivity contribution is 9.10. The molecular weight excluding hydrogens is 634 g/mol. The Morgan fingerprint density at radius 3 is 2.25 bits per heavy atom. The van der Waals surface area contributed by atoms with Crippen molar-refractivity contribution >= 4 is 73.6 Å². The van der Waals surface area contributed by atoms with Crippen LogP contribution in [0.15, 0.2) is 136 Å². The van der Waals surface area contributed by atoms with Crippen LogP contribution in [0.25, 0.3) is 16.8 Å². The van der Waals surface area contributed by atoms with Crippen molar-refractivity contribution in [2.45, 2.75) is 23.5 Å². The minimum absolute atomic E-state index is 0.0925. The van der Waals surface area contributed by atoms with E-state index in [9.17, 15) is 14.4 Å². The summed E-state index contributed by atoms with van der Waals surface area (Å²) in [6, 6.07) is 37.4. The predicted molar refractivity (Wildman–Crippen MR) is 184 cm³/mol. The Morgan fingerprint density at radius 1 is 0.750 bits per heavy atom. The smallest absolute Gasteiger partial charge is 0.272 e. The van der Waals surface area contributed by atoms with Crippen LogP contribution >= 0.6 is 27.7 Å². The topological polar surface area (TPSA) is 87.3 Å². The first-order chi connectivity index (χ1) is 21.4. The molecule has 3 N–H and O–H groups in total. The van der Waals surface area contributed by atoms with E-state index in [1.165, 1.54) is 11.8 Å². The molecule has 0 radical (unpaired) electrons. The van der Waals surface area contributed by atoms with Crippen LogP contribution in [0.5, 0.6) is 0 Å². The van der Waals surface area contributed by atoms with E-state index < -0.39 is 11.8 Å². The summed E-state index contributed by atoms with van der Waals surface area (Å²) >= 11 is 4.88. The Balaban J connectivity index is 1.30. The lowest BCUT2D eigenvalue weighted by Crippen LogP contribution is -2.30. The number of carbonyl (C=O) groups is 3. The van der Waals surface area contributed by atoms with Gasteiger partial charge < -0.3 is 16.0 Å². The van der Waals surface area contributed by atoms with Crippen LogP contribution in [0.1, 0.15) is 29.3 Å². The molecule has 0 aromatic heterocycles. The second-order valence-corrected chi connectivity index (χ2v) is 12.2. The van der Waals surface area contributed by atoms with Crippen molar-refractivity contribution in [3.8, 4) is 0 Å². The zero-order chi connectivity index (χ0) is 30.9. The molecule has 0 aliphatic rings. The minimum Gasteiger partial charge on any atom is -0.325 e. The van der Waals surface area contributed by atoms with E-state index in [2.05, 4.69) is 31.9 Å². The number of hydrogen-bond acceptors (Lipinski definition) is 4. The van der Waals surface area contributed by atoms with Gasteiger partial charge in [0.25, 0.3) is 11.8 Å². The van der Waals surface area contributed by atoms with Gasteiger partial charge in [0.05, 0.1) is 5.25 Å². The molecule has 1 unspecified atom stereocenters.